The molecule has 0 aromatic heterocycles. The van der Waals surface area contributed by atoms with Crippen molar-refractivity contribution in [3.8, 4) is 0 Å². The summed E-state index contributed by atoms with van der Waals surface area (Å²) in [5, 5.41) is 0. The third-order valence-electron chi connectivity index (χ3n) is 3.88. The molecule has 0 rings (SSSR count). The van der Waals surface area contributed by atoms with Crippen molar-refractivity contribution >= 4 is 0 Å². The highest BCUT2D eigenvalue weighted by Crippen LogP contribution is 2.67. The highest BCUT2D eigenvalue weighted by atomic mass is 19.4. The first-order valence-electron chi connectivity index (χ1n) is 6.94. The molecule has 0 fully saturated rings. The molecule has 23 heteroatoms. The molecular weight excluding hydrogens is 569 g/mol. The van der Waals surface area contributed by atoms with Crippen molar-refractivity contribution < 1.29 is 101 Å². The van der Waals surface area contributed by atoms with Gasteiger partial charge in [0.15, 0.2) is 0 Å². The Bertz CT molecular complexity index is 719. The monoisotopic (exact) mass is 570 g/mol. The topological polar surface area (TPSA) is 0 Å². The Morgan fingerprint density at radius 1 is 0.294 bits per heavy atom. The largest absolute Gasteiger partial charge is 0.438 e. The Morgan fingerprint density at radius 3 is 0.706 bits per heavy atom. The molecule has 0 radical (unpaired) electrons. The second-order valence-electron chi connectivity index (χ2n) is 6.02. The van der Waals surface area contributed by atoms with Crippen LogP contribution in [0.3, 0.4) is 0 Å². The first-order valence-corrected chi connectivity index (χ1v) is 6.94. The Hall–Kier alpha value is -1.61. The fraction of sp³-hybridized carbons (Fsp3) is 1.00. The number of halogens is 23. The zero-order chi connectivity index (χ0) is 28.6. The number of rotatable bonds is 8. The van der Waals surface area contributed by atoms with Gasteiger partial charge < -0.3 is 0 Å². The van der Waals surface area contributed by atoms with Gasteiger partial charge in [-0.15, -0.1) is 0 Å². The number of alkyl halides is 23. The van der Waals surface area contributed by atoms with E-state index in [4.69, 9.17) is 0 Å². The zero-order valence-electron chi connectivity index (χ0n) is 14.3. The molecule has 0 atom stereocenters. The fourth-order valence-electron chi connectivity index (χ4n) is 1.87. The summed E-state index contributed by atoms with van der Waals surface area (Å²) >= 11 is 0. The average molecular weight is 570 g/mol. The van der Waals surface area contributed by atoms with E-state index >= 15 is 0 Å². The van der Waals surface area contributed by atoms with E-state index < -0.39 is 65.9 Å². The Kier molecular flexibility index (Phi) is 7.33. The van der Waals surface area contributed by atoms with Gasteiger partial charge >= 0.3 is 65.9 Å². The molecular formula is C11HF23. The van der Waals surface area contributed by atoms with Crippen LogP contribution in [0.1, 0.15) is 0 Å². The minimum Gasteiger partial charge on any atom is -0.216 e. The molecule has 0 bridgehead atoms. The Labute approximate surface area is 168 Å². The molecule has 0 saturated heterocycles. The smallest absolute Gasteiger partial charge is 0.216 e. The standard InChI is InChI=1S/C11HF23/c12-1(13)2(14,15)4(17,18)6(21,22)8(25,26)9(27,28)7(23,24)5(19,20)3(16,10(29,30)31)11(32,33)34/h1H. The molecule has 0 aromatic carbocycles. The van der Waals surface area contributed by atoms with Gasteiger partial charge in [-0.1, -0.05) is 0 Å². The van der Waals surface area contributed by atoms with Crippen LogP contribution in [0.2, 0.25) is 0 Å². The van der Waals surface area contributed by atoms with Crippen molar-refractivity contribution in [1.29, 1.82) is 0 Å². The third-order valence-corrected chi connectivity index (χ3v) is 3.88. The van der Waals surface area contributed by atoms with Crippen LogP contribution in [0.5, 0.6) is 0 Å². The lowest BCUT2D eigenvalue weighted by Crippen LogP contribution is -2.78. The van der Waals surface area contributed by atoms with Crippen molar-refractivity contribution in [2.45, 2.75) is 65.9 Å². The summed E-state index contributed by atoms with van der Waals surface area (Å²) in [4.78, 5) is 0. The van der Waals surface area contributed by atoms with Crippen molar-refractivity contribution in [2.75, 3.05) is 0 Å². The van der Waals surface area contributed by atoms with E-state index in [1.54, 1.807) is 0 Å². The van der Waals surface area contributed by atoms with Gasteiger partial charge in [-0.3, -0.25) is 0 Å². The molecule has 206 valence electrons. The highest BCUT2D eigenvalue weighted by molar-refractivity contribution is 5.20. The molecule has 0 amide bonds. The minimum absolute atomic E-state index is 6.21. The van der Waals surface area contributed by atoms with Gasteiger partial charge in [0.2, 0.25) is 0 Å². The minimum atomic E-state index is -9.41. The Balaban J connectivity index is 7.26. The number of hydrogen-bond acceptors (Lipinski definition) is 0. The molecule has 0 unspecified atom stereocenters. The second kappa shape index (κ2) is 7.69. The van der Waals surface area contributed by atoms with Gasteiger partial charge in [0.05, 0.1) is 0 Å². The summed E-state index contributed by atoms with van der Waals surface area (Å²) in [6.07, 6.45) is -23.2. The SMILES string of the molecule is FC(F)C(F)(F)C(F)(F)C(F)(F)C(F)(F)C(F)(F)C(F)(F)C(F)(F)C(F)(C(F)(F)F)C(F)(F)F. The van der Waals surface area contributed by atoms with E-state index in [1.165, 1.54) is 0 Å². The normalized spacial score (nSPS) is 16.9. The maximum Gasteiger partial charge on any atom is 0.438 e. The molecule has 34 heavy (non-hydrogen) atoms. The first-order chi connectivity index (χ1) is 14.2. The molecule has 0 saturated carbocycles. The summed E-state index contributed by atoms with van der Waals surface area (Å²) < 4.78 is 293. The van der Waals surface area contributed by atoms with Gasteiger partial charge in [0.1, 0.15) is 0 Å². The van der Waals surface area contributed by atoms with E-state index in [2.05, 4.69) is 0 Å². The van der Waals surface area contributed by atoms with Crippen molar-refractivity contribution in [1.82, 2.24) is 0 Å². The quantitative estimate of drug-likeness (QED) is 0.265. The highest BCUT2D eigenvalue weighted by Gasteiger charge is 2.99. The molecule has 0 aliphatic carbocycles. The summed E-state index contributed by atoms with van der Waals surface area (Å²) in [5.74, 6) is -63.0. The van der Waals surface area contributed by atoms with E-state index in [9.17, 15) is 101 Å². The fourth-order valence-corrected chi connectivity index (χ4v) is 1.87. The lowest BCUT2D eigenvalue weighted by Gasteiger charge is -2.45. The molecule has 0 N–H and O–H groups in total. The lowest BCUT2D eigenvalue weighted by molar-refractivity contribution is -0.479. The van der Waals surface area contributed by atoms with Gasteiger partial charge in [-0.2, -0.15) is 87.8 Å². The summed E-state index contributed by atoms with van der Waals surface area (Å²) in [5.41, 5.74) is -8.99. The predicted molar refractivity (Wildman–Crippen MR) is 56.6 cm³/mol. The molecule has 0 aliphatic heterocycles. The summed E-state index contributed by atoms with van der Waals surface area (Å²) in [7, 11) is 0. The van der Waals surface area contributed by atoms with Gasteiger partial charge in [0, 0.05) is 0 Å². The van der Waals surface area contributed by atoms with E-state index in [0.717, 1.165) is 0 Å². The van der Waals surface area contributed by atoms with Crippen LogP contribution < -0.4 is 0 Å². The molecule has 0 aromatic rings. The van der Waals surface area contributed by atoms with Crippen LogP contribution in [0, 0.1) is 0 Å². The lowest BCUT2D eigenvalue weighted by atomic mass is 9.83. The van der Waals surface area contributed by atoms with Crippen LogP contribution >= 0.6 is 0 Å². The maximum atomic E-state index is 13.3. The van der Waals surface area contributed by atoms with E-state index in [-0.39, 0.29) is 0 Å². The van der Waals surface area contributed by atoms with Crippen LogP contribution in [-0.4, -0.2) is 65.9 Å². The van der Waals surface area contributed by atoms with Crippen LogP contribution in [0.15, 0.2) is 0 Å². The average Bonchev–Trinajstić information content (AvgIpc) is 2.57. The molecule has 0 aliphatic rings. The zero-order valence-corrected chi connectivity index (χ0v) is 14.3. The third kappa shape index (κ3) is 3.60. The molecule has 0 heterocycles. The van der Waals surface area contributed by atoms with Crippen molar-refractivity contribution in [3.63, 3.8) is 0 Å². The second-order valence-corrected chi connectivity index (χ2v) is 6.02. The summed E-state index contributed by atoms with van der Waals surface area (Å²) in [6, 6.07) is 0. The Morgan fingerprint density at radius 2 is 0.500 bits per heavy atom. The molecule has 0 nitrogen and oxygen atoms in total. The van der Waals surface area contributed by atoms with Gasteiger partial charge in [0.25, 0.3) is 0 Å². The maximum absolute atomic E-state index is 13.3. The van der Waals surface area contributed by atoms with E-state index in [0.29, 0.717) is 0 Å². The van der Waals surface area contributed by atoms with Gasteiger partial charge in [-0.05, 0) is 0 Å². The van der Waals surface area contributed by atoms with Crippen LogP contribution in [0.25, 0.3) is 0 Å². The summed E-state index contributed by atoms with van der Waals surface area (Å²) in [6.45, 7) is 0. The van der Waals surface area contributed by atoms with Gasteiger partial charge in [-0.25, -0.2) is 13.2 Å². The molecule has 0 spiro atoms. The number of hydrogen-bond donors (Lipinski definition) is 0. The van der Waals surface area contributed by atoms with Crippen molar-refractivity contribution in [2.24, 2.45) is 0 Å². The predicted octanol–water partition coefficient (Wildman–Crippen LogP) is 7.53. The van der Waals surface area contributed by atoms with Crippen molar-refractivity contribution in [3.05, 3.63) is 0 Å². The van der Waals surface area contributed by atoms with Crippen LogP contribution in [0.4, 0.5) is 101 Å². The van der Waals surface area contributed by atoms with E-state index in [1.807, 2.05) is 0 Å². The van der Waals surface area contributed by atoms with Crippen LogP contribution in [-0.2, 0) is 0 Å². The first kappa shape index (κ1) is 32.4.